The van der Waals surface area contributed by atoms with Crippen molar-refractivity contribution in [2.75, 3.05) is 0 Å². The van der Waals surface area contributed by atoms with E-state index in [4.69, 9.17) is 22.4 Å². The first-order valence-electron chi connectivity index (χ1n) is 5.67. The molecular formula is C12H18N2O2S. The molecule has 0 aromatic carbocycles. The highest BCUT2D eigenvalue weighted by molar-refractivity contribution is 7.80. The number of aryl methyl sites for hydroxylation is 1. The molecule has 0 radical (unpaired) electrons. The van der Waals surface area contributed by atoms with Crippen molar-refractivity contribution in [2.45, 2.75) is 33.2 Å². The van der Waals surface area contributed by atoms with E-state index in [-0.39, 0.29) is 16.8 Å². The number of nitrogens with two attached hydrogens (primary N) is 1. The van der Waals surface area contributed by atoms with E-state index in [1.54, 1.807) is 0 Å². The number of furan rings is 1. The molecule has 1 aromatic heterocycles. The lowest BCUT2D eigenvalue weighted by molar-refractivity contribution is -0.123. The summed E-state index contributed by atoms with van der Waals surface area (Å²) in [6.07, 6.45) is 1.55. The third-order valence-corrected chi connectivity index (χ3v) is 2.75. The number of rotatable bonds is 6. The summed E-state index contributed by atoms with van der Waals surface area (Å²) in [5, 5.41) is 2.78. The average Bonchev–Trinajstić information content (AvgIpc) is 2.68. The highest BCUT2D eigenvalue weighted by Crippen LogP contribution is 2.09. The number of hydrogen-bond acceptors (Lipinski definition) is 3. The number of carbonyl (C=O) groups is 1. The second kappa shape index (κ2) is 6.39. The summed E-state index contributed by atoms with van der Waals surface area (Å²) in [4.78, 5) is 12.1. The van der Waals surface area contributed by atoms with Crippen molar-refractivity contribution in [3.63, 3.8) is 0 Å². The van der Waals surface area contributed by atoms with Crippen LogP contribution in [-0.4, -0.2) is 10.9 Å². The minimum absolute atomic E-state index is 0.131. The van der Waals surface area contributed by atoms with Crippen LogP contribution in [0.15, 0.2) is 16.5 Å². The molecule has 0 aliphatic rings. The van der Waals surface area contributed by atoms with Crippen LogP contribution in [0, 0.1) is 12.8 Å². The Labute approximate surface area is 107 Å². The zero-order valence-electron chi connectivity index (χ0n) is 10.2. The van der Waals surface area contributed by atoms with Crippen LogP contribution >= 0.6 is 12.2 Å². The standard InChI is InChI=1S/C12H18N2O2S/c1-3-4-10(11(13)17)12(15)14-7-9-6-5-8(2)16-9/h5-6,10H,3-4,7H2,1-2H3,(H2,13,17)(H,14,15). The molecule has 4 nitrogen and oxygen atoms in total. The van der Waals surface area contributed by atoms with Gasteiger partial charge in [-0.15, -0.1) is 0 Å². The van der Waals surface area contributed by atoms with Crippen LogP contribution in [0.4, 0.5) is 0 Å². The van der Waals surface area contributed by atoms with E-state index in [9.17, 15) is 4.79 Å². The predicted octanol–water partition coefficient (Wildman–Crippen LogP) is 1.91. The van der Waals surface area contributed by atoms with Gasteiger partial charge in [0.2, 0.25) is 5.91 Å². The van der Waals surface area contributed by atoms with Gasteiger partial charge in [-0.05, 0) is 25.5 Å². The lowest BCUT2D eigenvalue weighted by Gasteiger charge is -2.13. The third kappa shape index (κ3) is 4.19. The molecule has 0 saturated heterocycles. The molecule has 0 bridgehead atoms. The molecule has 1 amide bonds. The minimum atomic E-state index is -0.383. The largest absolute Gasteiger partial charge is 0.465 e. The zero-order valence-corrected chi connectivity index (χ0v) is 11.0. The second-order valence-electron chi connectivity index (χ2n) is 3.97. The van der Waals surface area contributed by atoms with Crippen molar-refractivity contribution in [3.8, 4) is 0 Å². The van der Waals surface area contributed by atoms with Gasteiger partial charge in [-0.3, -0.25) is 4.79 Å². The molecule has 0 spiro atoms. The quantitative estimate of drug-likeness (QED) is 0.761. The fraction of sp³-hybridized carbons (Fsp3) is 0.500. The number of hydrogen-bond donors (Lipinski definition) is 2. The lowest BCUT2D eigenvalue weighted by atomic mass is 10.0. The first-order valence-corrected chi connectivity index (χ1v) is 6.07. The van der Waals surface area contributed by atoms with Crippen molar-refractivity contribution in [2.24, 2.45) is 11.7 Å². The van der Waals surface area contributed by atoms with Gasteiger partial charge in [0, 0.05) is 0 Å². The van der Waals surface area contributed by atoms with Gasteiger partial charge < -0.3 is 15.5 Å². The molecule has 1 rings (SSSR count). The molecule has 0 aliphatic heterocycles. The Kier molecular flexibility index (Phi) is 5.15. The molecule has 1 unspecified atom stereocenters. The Morgan fingerprint density at radius 1 is 1.59 bits per heavy atom. The molecule has 0 fully saturated rings. The fourth-order valence-corrected chi connectivity index (χ4v) is 1.79. The third-order valence-electron chi connectivity index (χ3n) is 2.47. The summed E-state index contributed by atoms with van der Waals surface area (Å²) in [7, 11) is 0. The fourth-order valence-electron chi connectivity index (χ4n) is 1.57. The Morgan fingerprint density at radius 2 is 2.29 bits per heavy atom. The minimum Gasteiger partial charge on any atom is -0.465 e. The normalized spacial score (nSPS) is 12.1. The van der Waals surface area contributed by atoms with E-state index in [1.807, 2.05) is 26.0 Å². The SMILES string of the molecule is CCCC(C(=O)NCc1ccc(C)o1)C(N)=S. The van der Waals surface area contributed by atoms with Crippen molar-refractivity contribution in [1.29, 1.82) is 0 Å². The van der Waals surface area contributed by atoms with Gasteiger partial charge in [0.15, 0.2) is 0 Å². The maximum atomic E-state index is 11.8. The smallest absolute Gasteiger partial charge is 0.230 e. The molecule has 1 heterocycles. The van der Waals surface area contributed by atoms with Gasteiger partial charge in [-0.25, -0.2) is 0 Å². The predicted molar refractivity (Wildman–Crippen MR) is 70.5 cm³/mol. The maximum absolute atomic E-state index is 11.8. The summed E-state index contributed by atoms with van der Waals surface area (Å²) in [5.74, 6) is 1.04. The Balaban J connectivity index is 2.50. The van der Waals surface area contributed by atoms with Gasteiger partial charge in [0.25, 0.3) is 0 Å². The highest BCUT2D eigenvalue weighted by Gasteiger charge is 2.20. The maximum Gasteiger partial charge on any atom is 0.230 e. The van der Waals surface area contributed by atoms with Crippen LogP contribution in [0.5, 0.6) is 0 Å². The highest BCUT2D eigenvalue weighted by atomic mass is 32.1. The van der Waals surface area contributed by atoms with Gasteiger partial charge >= 0.3 is 0 Å². The molecule has 5 heteroatoms. The van der Waals surface area contributed by atoms with Crippen LogP contribution in [0.2, 0.25) is 0 Å². The van der Waals surface area contributed by atoms with Crippen LogP contribution < -0.4 is 11.1 Å². The zero-order chi connectivity index (χ0) is 12.8. The van der Waals surface area contributed by atoms with Crippen molar-refractivity contribution < 1.29 is 9.21 Å². The first-order chi connectivity index (χ1) is 8.04. The molecule has 1 atom stereocenters. The Bertz CT molecular complexity index is 401. The average molecular weight is 254 g/mol. The van der Waals surface area contributed by atoms with Crippen molar-refractivity contribution in [3.05, 3.63) is 23.7 Å². The molecule has 0 saturated carbocycles. The lowest BCUT2D eigenvalue weighted by Crippen LogP contribution is -2.37. The van der Waals surface area contributed by atoms with Gasteiger partial charge in [0.1, 0.15) is 11.5 Å². The number of thiocarbonyl (C=S) groups is 1. The molecular weight excluding hydrogens is 236 g/mol. The van der Waals surface area contributed by atoms with Gasteiger partial charge in [-0.1, -0.05) is 25.6 Å². The van der Waals surface area contributed by atoms with Crippen LogP contribution in [0.3, 0.4) is 0 Å². The first kappa shape index (κ1) is 13.7. The molecule has 3 N–H and O–H groups in total. The van der Waals surface area contributed by atoms with E-state index in [1.165, 1.54) is 0 Å². The van der Waals surface area contributed by atoms with E-state index in [2.05, 4.69) is 5.32 Å². The number of nitrogens with one attached hydrogen (secondary N) is 1. The van der Waals surface area contributed by atoms with Crippen LogP contribution in [0.1, 0.15) is 31.3 Å². The monoisotopic (exact) mass is 254 g/mol. The summed E-state index contributed by atoms with van der Waals surface area (Å²) in [5.41, 5.74) is 5.54. The Morgan fingerprint density at radius 3 is 2.76 bits per heavy atom. The summed E-state index contributed by atoms with van der Waals surface area (Å²) in [6.45, 7) is 4.23. The molecule has 94 valence electrons. The number of carbonyl (C=O) groups excluding carboxylic acids is 1. The van der Waals surface area contributed by atoms with E-state index in [0.717, 1.165) is 17.9 Å². The van der Waals surface area contributed by atoms with Gasteiger partial charge in [0.05, 0.1) is 17.5 Å². The summed E-state index contributed by atoms with van der Waals surface area (Å²) >= 11 is 4.89. The van der Waals surface area contributed by atoms with Crippen molar-refractivity contribution in [1.82, 2.24) is 5.32 Å². The molecule has 1 aromatic rings. The van der Waals surface area contributed by atoms with E-state index in [0.29, 0.717) is 13.0 Å². The second-order valence-corrected chi connectivity index (χ2v) is 4.45. The summed E-state index contributed by atoms with van der Waals surface area (Å²) in [6, 6.07) is 3.70. The Hall–Kier alpha value is -1.36. The number of amides is 1. The van der Waals surface area contributed by atoms with Gasteiger partial charge in [-0.2, -0.15) is 0 Å². The molecule has 17 heavy (non-hydrogen) atoms. The topological polar surface area (TPSA) is 68.3 Å². The van der Waals surface area contributed by atoms with E-state index < -0.39 is 0 Å². The van der Waals surface area contributed by atoms with Crippen LogP contribution in [0.25, 0.3) is 0 Å². The molecule has 0 aliphatic carbocycles. The van der Waals surface area contributed by atoms with Crippen molar-refractivity contribution >= 4 is 23.1 Å². The van der Waals surface area contributed by atoms with E-state index >= 15 is 0 Å². The van der Waals surface area contributed by atoms with Crippen LogP contribution in [-0.2, 0) is 11.3 Å². The summed E-state index contributed by atoms with van der Waals surface area (Å²) < 4.78 is 5.36.